The van der Waals surface area contributed by atoms with Crippen LogP contribution < -0.4 is 14.8 Å². The smallest absolute Gasteiger partial charge is 0.406 e. The van der Waals surface area contributed by atoms with Crippen LogP contribution in [-0.2, 0) is 10.0 Å². The van der Waals surface area contributed by atoms with E-state index in [4.69, 9.17) is 5.73 Å². The SMILES string of the molecule is NC(=O)c1ccccc1N(c1ccc(OC(F)(F)F)cc1)S(=O)(=O)c1cccc([N+](=O)[O-])c1. The minimum atomic E-state index is -4.96. The van der Waals surface area contributed by atoms with Crippen molar-refractivity contribution in [3.05, 3.63) is 88.5 Å². The van der Waals surface area contributed by atoms with Crippen LogP contribution in [0.4, 0.5) is 30.2 Å². The number of rotatable bonds is 7. The molecule has 9 nitrogen and oxygen atoms in total. The second-order valence-corrected chi connectivity index (χ2v) is 8.23. The van der Waals surface area contributed by atoms with Crippen molar-refractivity contribution in [2.75, 3.05) is 4.31 Å². The van der Waals surface area contributed by atoms with E-state index in [9.17, 15) is 36.5 Å². The molecule has 13 heteroatoms. The number of carbonyl (C=O) groups excluding carboxylic acids is 1. The first kappa shape index (κ1) is 23.5. The molecule has 0 aliphatic rings. The Morgan fingerprint density at radius 2 is 1.64 bits per heavy atom. The van der Waals surface area contributed by atoms with Gasteiger partial charge in [-0.3, -0.25) is 14.9 Å². The van der Waals surface area contributed by atoms with E-state index in [0.717, 1.165) is 48.5 Å². The predicted octanol–water partition coefficient (Wildman–Crippen LogP) is 4.12. The van der Waals surface area contributed by atoms with E-state index in [1.165, 1.54) is 24.3 Å². The Balaban J connectivity index is 2.22. The van der Waals surface area contributed by atoms with Gasteiger partial charge in [-0.25, -0.2) is 12.7 Å². The van der Waals surface area contributed by atoms with Crippen molar-refractivity contribution in [2.24, 2.45) is 5.73 Å². The number of ether oxygens (including phenoxy) is 1. The van der Waals surface area contributed by atoms with E-state index in [1.807, 2.05) is 0 Å². The molecule has 2 N–H and O–H groups in total. The van der Waals surface area contributed by atoms with E-state index in [1.54, 1.807) is 0 Å². The van der Waals surface area contributed by atoms with Gasteiger partial charge in [-0.2, -0.15) is 0 Å². The minimum absolute atomic E-state index is 0.176. The summed E-state index contributed by atoms with van der Waals surface area (Å²) in [5.74, 6) is -1.58. The van der Waals surface area contributed by atoms with Gasteiger partial charge >= 0.3 is 6.36 Å². The van der Waals surface area contributed by atoms with Crippen LogP contribution in [0, 0.1) is 10.1 Å². The van der Waals surface area contributed by atoms with Gasteiger partial charge in [0.05, 0.1) is 26.8 Å². The van der Waals surface area contributed by atoms with Crippen LogP contribution >= 0.6 is 0 Å². The Kier molecular flexibility index (Phi) is 6.26. The molecule has 0 radical (unpaired) electrons. The van der Waals surface area contributed by atoms with Gasteiger partial charge < -0.3 is 10.5 Å². The average Bonchev–Trinajstić information content (AvgIpc) is 2.74. The van der Waals surface area contributed by atoms with Crippen molar-refractivity contribution in [2.45, 2.75) is 11.3 Å². The molecule has 0 spiro atoms. The highest BCUT2D eigenvalue weighted by molar-refractivity contribution is 7.93. The highest BCUT2D eigenvalue weighted by Gasteiger charge is 2.33. The molecule has 0 fully saturated rings. The summed E-state index contributed by atoms with van der Waals surface area (Å²) in [6, 6.07) is 13.3. The summed E-state index contributed by atoms with van der Waals surface area (Å²) in [6.45, 7) is 0. The maximum atomic E-state index is 13.5. The van der Waals surface area contributed by atoms with Gasteiger partial charge in [0.1, 0.15) is 5.75 Å². The lowest BCUT2D eigenvalue weighted by molar-refractivity contribution is -0.385. The van der Waals surface area contributed by atoms with E-state index < -0.39 is 43.5 Å². The standard InChI is InChI=1S/C20H14F3N3O6S/c21-20(22,23)32-15-10-8-13(9-11-15)25(18-7-2-1-6-17(18)19(24)27)33(30,31)16-5-3-4-14(12-16)26(28)29/h1-12H,(H2,24,27). The zero-order valence-corrected chi connectivity index (χ0v) is 17.2. The molecule has 172 valence electrons. The summed E-state index contributed by atoms with van der Waals surface area (Å²) in [6.07, 6.45) is -4.96. The molecule has 0 saturated heterocycles. The summed E-state index contributed by atoms with van der Waals surface area (Å²) in [4.78, 5) is 21.8. The molecule has 0 unspecified atom stereocenters. The molecule has 1 amide bonds. The number of nitro groups is 1. The number of hydrogen-bond donors (Lipinski definition) is 1. The molecule has 0 saturated carbocycles. The number of anilines is 2. The number of para-hydroxylation sites is 1. The lowest BCUT2D eigenvalue weighted by atomic mass is 10.1. The van der Waals surface area contributed by atoms with Crippen molar-refractivity contribution >= 4 is 33.0 Å². The maximum Gasteiger partial charge on any atom is 0.573 e. The van der Waals surface area contributed by atoms with Crippen molar-refractivity contribution in [1.82, 2.24) is 0 Å². The number of nitrogens with zero attached hydrogens (tertiary/aromatic N) is 2. The van der Waals surface area contributed by atoms with Crippen LogP contribution in [0.3, 0.4) is 0 Å². The molecule has 0 aliphatic carbocycles. The van der Waals surface area contributed by atoms with Gasteiger partial charge in [-0.1, -0.05) is 18.2 Å². The molecule has 0 bridgehead atoms. The van der Waals surface area contributed by atoms with Crippen LogP contribution in [0.2, 0.25) is 0 Å². The van der Waals surface area contributed by atoms with Gasteiger partial charge in [-0.05, 0) is 42.5 Å². The molecule has 3 aromatic rings. The number of amides is 1. The number of nitro benzene ring substituents is 1. The number of benzene rings is 3. The molecule has 0 atom stereocenters. The minimum Gasteiger partial charge on any atom is -0.406 e. The molecule has 3 rings (SSSR count). The molecule has 33 heavy (non-hydrogen) atoms. The monoisotopic (exact) mass is 481 g/mol. The molecule has 0 heterocycles. The van der Waals surface area contributed by atoms with E-state index in [0.29, 0.717) is 4.31 Å². The van der Waals surface area contributed by atoms with Crippen LogP contribution in [0.15, 0.2) is 77.7 Å². The fourth-order valence-corrected chi connectivity index (χ4v) is 4.46. The largest absolute Gasteiger partial charge is 0.573 e. The zero-order chi connectivity index (χ0) is 24.4. The quantitative estimate of drug-likeness (QED) is 0.399. The first-order chi connectivity index (χ1) is 15.4. The highest BCUT2D eigenvalue weighted by Crippen LogP contribution is 2.36. The van der Waals surface area contributed by atoms with E-state index >= 15 is 0 Å². The lowest BCUT2D eigenvalue weighted by Crippen LogP contribution is -2.29. The predicted molar refractivity (Wildman–Crippen MR) is 111 cm³/mol. The Morgan fingerprint density at radius 3 is 2.21 bits per heavy atom. The topological polar surface area (TPSA) is 133 Å². The van der Waals surface area contributed by atoms with Gasteiger partial charge in [0.15, 0.2) is 0 Å². The average molecular weight is 481 g/mol. The highest BCUT2D eigenvalue weighted by atomic mass is 32.2. The number of halogens is 3. The van der Waals surface area contributed by atoms with Crippen LogP contribution in [0.1, 0.15) is 10.4 Å². The Labute approximate surface area is 185 Å². The van der Waals surface area contributed by atoms with Crippen molar-refractivity contribution in [1.29, 1.82) is 0 Å². The maximum absolute atomic E-state index is 13.5. The van der Waals surface area contributed by atoms with E-state index in [2.05, 4.69) is 4.74 Å². The third kappa shape index (κ3) is 5.20. The number of primary amides is 1. The summed E-state index contributed by atoms with van der Waals surface area (Å²) >= 11 is 0. The fourth-order valence-electron chi connectivity index (χ4n) is 2.91. The summed E-state index contributed by atoms with van der Waals surface area (Å²) in [5, 5.41) is 11.1. The Bertz CT molecular complexity index is 1310. The summed E-state index contributed by atoms with van der Waals surface area (Å²) in [5.41, 5.74) is 4.28. The first-order valence-electron chi connectivity index (χ1n) is 8.94. The Hall–Kier alpha value is -4.13. The number of nitrogens with two attached hydrogens (primary N) is 1. The second kappa shape index (κ2) is 8.78. The molecule has 3 aromatic carbocycles. The van der Waals surface area contributed by atoms with Crippen LogP contribution in [0.25, 0.3) is 0 Å². The number of hydrogen-bond acceptors (Lipinski definition) is 6. The van der Waals surface area contributed by atoms with Gasteiger partial charge in [-0.15, -0.1) is 13.2 Å². The zero-order valence-electron chi connectivity index (χ0n) is 16.4. The third-order valence-electron chi connectivity index (χ3n) is 4.26. The van der Waals surface area contributed by atoms with Crippen LogP contribution in [-0.4, -0.2) is 25.6 Å². The number of alkyl halides is 3. The molecule has 0 aromatic heterocycles. The molecule has 0 aliphatic heterocycles. The van der Waals surface area contributed by atoms with Crippen LogP contribution in [0.5, 0.6) is 5.75 Å². The fraction of sp³-hybridized carbons (Fsp3) is 0.0500. The summed E-state index contributed by atoms with van der Waals surface area (Å²) < 4.78 is 69.0. The van der Waals surface area contributed by atoms with Crippen molar-refractivity contribution < 1.29 is 36.0 Å². The normalized spacial score (nSPS) is 11.6. The molecular weight excluding hydrogens is 467 g/mol. The van der Waals surface area contributed by atoms with Gasteiger partial charge in [0.25, 0.3) is 21.6 Å². The van der Waals surface area contributed by atoms with Crippen molar-refractivity contribution in [3.63, 3.8) is 0 Å². The third-order valence-corrected chi connectivity index (χ3v) is 6.00. The lowest BCUT2D eigenvalue weighted by Gasteiger charge is -2.26. The number of carbonyl (C=O) groups is 1. The van der Waals surface area contributed by atoms with Crippen molar-refractivity contribution in [3.8, 4) is 5.75 Å². The summed E-state index contributed by atoms with van der Waals surface area (Å²) in [7, 11) is -4.61. The molecular formula is C20H14F3N3O6S. The van der Waals surface area contributed by atoms with Gasteiger partial charge in [0.2, 0.25) is 0 Å². The van der Waals surface area contributed by atoms with Gasteiger partial charge in [0, 0.05) is 12.1 Å². The van der Waals surface area contributed by atoms with E-state index in [-0.39, 0.29) is 16.9 Å². The Morgan fingerprint density at radius 1 is 1.00 bits per heavy atom. The second-order valence-electron chi connectivity index (χ2n) is 6.45. The first-order valence-corrected chi connectivity index (χ1v) is 10.4. The number of sulfonamides is 1. The number of non-ortho nitro benzene ring substituents is 1.